The highest BCUT2D eigenvalue weighted by atomic mass is 32.1. The Balaban J connectivity index is 2.44. The molecule has 0 aliphatic heterocycles. The van der Waals surface area contributed by atoms with Crippen LogP contribution in [0, 0.1) is 5.92 Å². The first-order chi connectivity index (χ1) is 8.41. The van der Waals surface area contributed by atoms with Crippen LogP contribution < -0.4 is 10.6 Å². The van der Waals surface area contributed by atoms with Crippen LogP contribution in [0.3, 0.4) is 0 Å². The monoisotopic (exact) mass is 271 g/mol. The average molecular weight is 271 g/mol. The number of thiazole rings is 1. The summed E-state index contributed by atoms with van der Waals surface area (Å²) in [5.74, 6) is -1.57. The van der Waals surface area contributed by atoms with Crippen LogP contribution in [-0.4, -0.2) is 28.1 Å². The van der Waals surface area contributed by atoms with E-state index in [9.17, 15) is 9.59 Å². The Morgan fingerprint density at radius 1 is 1.33 bits per heavy atom. The first-order valence-electron chi connectivity index (χ1n) is 5.61. The summed E-state index contributed by atoms with van der Waals surface area (Å²) in [4.78, 5) is 26.5. The van der Waals surface area contributed by atoms with Gasteiger partial charge in [-0.3, -0.25) is 4.79 Å². The number of carbonyl (C=O) groups is 2. The lowest BCUT2D eigenvalue weighted by Gasteiger charge is -2.19. The lowest BCUT2D eigenvalue weighted by molar-refractivity contribution is -0.141. The molecule has 0 spiro atoms. The van der Waals surface area contributed by atoms with Gasteiger partial charge < -0.3 is 15.7 Å². The van der Waals surface area contributed by atoms with Crippen molar-refractivity contribution in [2.24, 2.45) is 5.92 Å². The van der Waals surface area contributed by atoms with E-state index in [1.165, 1.54) is 11.3 Å². The minimum Gasteiger partial charge on any atom is -0.481 e. The first kappa shape index (κ1) is 14.4. The quantitative estimate of drug-likeness (QED) is 0.758. The summed E-state index contributed by atoms with van der Waals surface area (Å²) in [6, 6.07) is -1.03. The van der Waals surface area contributed by atoms with Gasteiger partial charge in [-0.05, 0) is 20.8 Å². The number of rotatable bonds is 5. The van der Waals surface area contributed by atoms with E-state index >= 15 is 0 Å². The normalized spacial score (nSPS) is 15.5. The molecule has 2 amide bonds. The third-order valence-electron chi connectivity index (χ3n) is 2.67. The maximum absolute atomic E-state index is 11.6. The predicted molar refractivity (Wildman–Crippen MR) is 68.5 cm³/mol. The highest BCUT2D eigenvalue weighted by Crippen LogP contribution is 2.14. The van der Waals surface area contributed by atoms with Gasteiger partial charge in [0, 0.05) is 17.6 Å². The molecule has 0 aliphatic rings. The van der Waals surface area contributed by atoms with Crippen molar-refractivity contribution in [1.82, 2.24) is 15.6 Å². The topological polar surface area (TPSA) is 91.3 Å². The Morgan fingerprint density at radius 2 is 2.00 bits per heavy atom. The van der Waals surface area contributed by atoms with Crippen LogP contribution in [0.5, 0.6) is 0 Å². The van der Waals surface area contributed by atoms with Crippen LogP contribution in [0.2, 0.25) is 0 Å². The molecule has 7 heteroatoms. The van der Waals surface area contributed by atoms with Gasteiger partial charge in [0.15, 0.2) is 0 Å². The third kappa shape index (κ3) is 3.99. The molecule has 0 saturated heterocycles. The first-order valence-corrected chi connectivity index (χ1v) is 6.49. The van der Waals surface area contributed by atoms with Gasteiger partial charge >= 0.3 is 12.0 Å². The standard InChI is InChI=1S/C11H17N3O3S/c1-6(10(15)16)7(2)13-11(17)14-8(3)9-12-4-5-18-9/h4-8H,1-3H3,(H,15,16)(H2,13,14,17). The van der Waals surface area contributed by atoms with Crippen LogP contribution in [0.4, 0.5) is 4.79 Å². The van der Waals surface area contributed by atoms with Gasteiger partial charge in [0.2, 0.25) is 0 Å². The van der Waals surface area contributed by atoms with Crippen molar-refractivity contribution in [3.05, 3.63) is 16.6 Å². The maximum Gasteiger partial charge on any atom is 0.315 e. The summed E-state index contributed by atoms with van der Waals surface area (Å²) in [6.07, 6.45) is 1.67. The van der Waals surface area contributed by atoms with E-state index in [4.69, 9.17) is 5.11 Å². The molecule has 3 atom stereocenters. The molecule has 100 valence electrons. The summed E-state index contributed by atoms with van der Waals surface area (Å²) in [7, 11) is 0. The van der Waals surface area contributed by atoms with Crippen LogP contribution >= 0.6 is 11.3 Å². The number of hydrogen-bond donors (Lipinski definition) is 3. The molecule has 3 unspecified atom stereocenters. The second kappa shape index (κ2) is 6.34. The molecule has 0 saturated carbocycles. The van der Waals surface area contributed by atoms with Gasteiger partial charge in [-0.2, -0.15) is 0 Å². The van der Waals surface area contributed by atoms with Gasteiger partial charge in [-0.25, -0.2) is 9.78 Å². The SMILES string of the molecule is CC(NC(=O)NC(C)C(C)C(=O)O)c1nccs1. The molecule has 1 rings (SSSR count). The van der Waals surface area contributed by atoms with E-state index in [0.717, 1.165) is 5.01 Å². The molecular weight excluding hydrogens is 254 g/mol. The summed E-state index contributed by atoms with van der Waals surface area (Å²) in [6.45, 7) is 5.04. The maximum atomic E-state index is 11.6. The number of carbonyl (C=O) groups excluding carboxylic acids is 1. The Kier molecular flexibility index (Phi) is 5.08. The molecule has 3 N–H and O–H groups in total. The van der Waals surface area contributed by atoms with E-state index in [1.54, 1.807) is 20.0 Å². The molecule has 0 fully saturated rings. The van der Waals surface area contributed by atoms with Crippen molar-refractivity contribution in [2.45, 2.75) is 32.9 Å². The van der Waals surface area contributed by atoms with Crippen molar-refractivity contribution < 1.29 is 14.7 Å². The number of aliphatic carboxylic acids is 1. The van der Waals surface area contributed by atoms with Crippen LogP contribution in [0.1, 0.15) is 31.8 Å². The second-order valence-electron chi connectivity index (χ2n) is 4.13. The predicted octanol–water partition coefficient (Wildman–Crippen LogP) is 1.61. The van der Waals surface area contributed by atoms with Gasteiger partial charge in [0.25, 0.3) is 0 Å². The van der Waals surface area contributed by atoms with Crippen molar-refractivity contribution in [2.75, 3.05) is 0 Å². The Hall–Kier alpha value is -1.63. The highest BCUT2D eigenvalue weighted by molar-refractivity contribution is 7.09. The zero-order valence-corrected chi connectivity index (χ0v) is 11.3. The molecule has 0 radical (unpaired) electrons. The summed E-state index contributed by atoms with van der Waals surface area (Å²) in [5.41, 5.74) is 0. The minimum absolute atomic E-state index is 0.197. The lowest BCUT2D eigenvalue weighted by Crippen LogP contribution is -2.45. The average Bonchev–Trinajstić information content (AvgIpc) is 2.80. The number of amides is 2. The van der Waals surface area contributed by atoms with Crippen molar-refractivity contribution >= 4 is 23.3 Å². The minimum atomic E-state index is -0.934. The number of urea groups is 1. The lowest BCUT2D eigenvalue weighted by atomic mass is 10.0. The van der Waals surface area contributed by atoms with Crippen LogP contribution in [0.15, 0.2) is 11.6 Å². The molecule has 0 aromatic carbocycles. The van der Waals surface area contributed by atoms with E-state index < -0.39 is 24.0 Å². The third-order valence-corrected chi connectivity index (χ3v) is 3.63. The summed E-state index contributed by atoms with van der Waals surface area (Å²) >= 11 is 1.46. The van der Waals surface area contributed by atoms with Gasteiger partial charge in [0.05, 0.1) is 12.0 Å². The van der Waals surface area contributed by atoms with Crippen LogP contribution in [0.25, 0.3) is 0 Å². The number of nitrogens with zero attached hydrogens (tertiary/aromatic N) is 1. The second-order valence-corrected chi connectivity index (χ2v) is 5.05. The van der Waals surface area contributed by atoms with Crippen LogP contribution in [-0.2, 0) is 4.79 Å². The van der Waals surface area contributed by atoms with E-state index in [-0.39, 0.29) is 6.04 Å². The molecule has 6 nitrogen and oxygen atoms in total. The fourth-order valence-electron chi connectivity index (χ4n) is 1.29. The van der Waals surface area contributed by atoms with Crippen molar-refractivity contribution in [3.63, 3.8) is 0 Å². The molecule has 1 heterocycles. The van der Waals surface area contributed by atoms with E-state index in [0.29, 0.717) is 0 Å². The Labute approximate surface area is 109 Å². The Morgan fingerprint density at radius 3 is 2.50 bits per heavy atom. The molecule has 1 aromatic rings. The fourth-order valence-corrected chi connectivity index (χ4v) is 1.94. The zero-order chi connectivity index (χ0) is 13.7. The number of carboxylic acids is 1. The van der Waals surface area contributed by atoms with Crippen molar-refractivity contribution in [1.29, 1.82) is 0 Å². The van der Waals surface area contributed by atoms with Gasteiger partial charge in [-0.1, -0.05) is 0 Å². The van der Waals surface area contributed by atoms with E-state index in [1.807, 2.05) is 12.3 Å². The fraction of sp³-hybridized carbons (Fsp3) is 0.545. The molecule has 0 aliphatic carbocycles. The highest BCUT2D eigenvalue weighted by Gasteiger charge is 2.21. The number of aromatic nitrogens is 1. The van der Waals surface area contributed by atoms with Gasteiger partial charge in [0.1, 0.15) is 5.01 Å². The largest absolute Gasteiger partial charge is 0.481 e. The summed E-state index contributed by atoms with van der Waals surface area (Å²) < 4.78 is 0. The summed E-state index contributed by atoms with van der Waals surface area (Å²) in [5, 5.41) is 16.8. The Bertz CT molecular complexity index is 408. The number of nitrogens with one attached hydrogen (secondary N) is 2. The molecular formula is C11H17N3O3S. The number of hydrogen-bond acceptors (Lipinski definition) is 4. The van der Waals surface area contributed by atoms with E-state index in [2.05, 4.69) is 15.6 Å². The molecule has 1 aromatic heterocycles. The van der Waals surface area contributed by atoms with Gasteiger partial charge in [-0.15, -0.1) is 11.3 Å². The van der Waals surface area contributed by atoms with Crippen molar-refractivity contribution in [3.8, 4) is 0 Å². The smallest absolute Gasteiger partial charge is 0.315 e. The number of carboxylic acid groups (broad SMARTS) is 1. The zero-order valence-electron chi connectivity index (χ0n) is 10.5. The molecule has 18 heavy (non-hydrogen) atoms. The molecule has 0 bridgehead atoms.